The van der Waals surface area contributed by atoms with Crippen LogP contribution in [0.5, 0.6) is 0 Å². The summed E-state index contributed by atoms with van der Waals surface area (Å²) in [7, 11) is -1.16. The standard InChI is InChI=1S/C10H18NO2.H2O4S/c1-11-5-3-8(4-6-11)9(7-11)10(12)13-2;1-5(2,3)4/h8-9H,3-7H2,1-2H3;(H2,1,2,3,4)/q+1;/p-1. The Morgan fingerprint density at radius 3 is 2.17 bits per heavy atom. The van der Waals surface area contributed by atoms with E-state index >= 15 is 0 Å². The molecule has 8 heteroatoms. The molecular weight excluding hydrogens is 262 g/mol. The van der Waals surface area contributed by atoms with Crippen LogP contribution < -0.4 is 0 Å². The smallest absolute Gasteiger partial charge is 0.314 e. The van der Waals surface area contributed by atoms with Crippen molar-refractivity contribution in [1.82, 2.24) is 0 Å². The molecule has 0 aromatic rings. The molecule has 0 aromatic heterocycles. The molecule has 3 saturated heterocycles. The van der Waals surface area contributed by atoms with Crippen molar-refractivity contribution >= 4 is 16.4 Å². The molecule has 0 aromatic carbocycles. The largest absolute Gasteiger partial charge is 0.726 e. The van der Waals surface area contributed by atoms with E-state index in [1.54, 1.807) is 0 Å². The lowest BCUT2D eigenvalue weighted by Gasteiger charge is -2.49. The van der Waals surface area contributed by atoms with E-state index in [0.29, 0.717) is 5.92 Å². The molecule has 3 aliphatic heterocycles. The Labute approximate surface area is 107 Å². The molecule has 106 valence electrons. The highest BCUT2D eigenvalue weighted by Gasteiger charge is 2.46. The summed E-state index contributed by atoms with van der Waals surface area (Å²) in [6, 6.07) is 0. The second-order valence-corrected chi connectivity index (χ2v) is 6.00. The number of esters is 1. The second-order valence-electron chi connectivity index (χ2n) is 5.14. The number of methoxy groups -OCH3 is 1. The van der Waals surface area contributed by atoms with Gasteiger partial charge in [0, 0.05) is 12.8 Å². The summed E-state index contributed by atoms with van der Waals surface area (Å²) >= 11 is 0. The van der Waals surface area contributed by atoms with Crippen LogP contribution in [-0.2, 0) is 19.9 Å². The van der Waals surface area contributed by atoms with Gasteiger partial charge in [-0.15, -0.1) is 0 Å². The number of ether oxygens (including phenoxy) is 1. The molecule has 0 saturated carbocycles. The Kier molecular flexibility index (Phi) is 4.71. The normalized spacial score (nSPS) is 34.4. The number of hydrogen-bond acceptors (Lipinski definition) is 5. The third-order valence-electron chi connectivity index (χ3n) is 3.79. The Morgan fingerprint density at radius 2 is 1.83 bits per heavy atom. The summed E-state index contributed by atoms with van der Waals surface area (Å²) in [6.07, 6.45) is 2.41. The molecule has 3 rings (SSSR count). The van der Waals surface area contributed by atoms with Crippen LogP contribution in [-0.4, -0.2) is 61.8 Å². The SMILES string of the molecule is COC(=O)C1C[N+]2(C)CCC1CC2.O=S(=O)([O-])O. The molecule has 1 atom stereocenters. The van der Waals surface area contributed by atoms with Crippen molar-refractivity contribution in [2.75, 3.05) is 33.8 Å². The van der Waals surface area contributed by atoms with E-state index in [1.165, 1.54) is 33.0 Å². The molecule has 7 nitrogen and oxygen atoms in total. The van der Waals surface area contributed by atoms with Crippen LogP contribution in [0.15, 0.2) is 0 Å². The molecule has 2 bridgehead atoms. The number of fused-ring (bicyclic) bond motifs is 3. The molecule has 0 spiro atoms. The highest BCUT2D eigenvalue weighted by molar-refractivity contribution is 7.79. The van der Waals surface area contributed by atoms with Gasteiger partial charge in [-0.25, -0.2) is 8.42 Å². The second kappa shape index (κ2) is 5.52. The quantitative estimate of drug-likeness (QED) is 0.305. The zero-order valence-corrected chi connectivity index (χ0v) is 11.4. The predicted octanol–water partition coefficient (Wildman–Crippen LogP) is -0.350. The number of piperidine rings is 3. The summed E-state index contributed by atoms with van der Waals surface area (Å²) in [6.45, 7) is 3.49. The van der Waals surface area contributed by atoms with Crippen molar-refractivity contribution < 1.29 is 31.5 Å². The van der Waals surface area contributed by atoms with Crippen LogP contribution >= 0.6 is 0 Å². The van der Waals surface area contributed by atoms with E-state index in [1.807, 2.05) is 0 Å². The number of nitrogens with zero attached hydrogens (tertiary/aromatic N) is 1. The highest BCUT2D eigenvalue weighted by atomic mass is 32.3. The number of hydrogen-bond donors (Lipinski definition) is 1. The van der Waals surface area contributed by atoms with Crippen LogP contribution in [0.2, 0.25) is 0 Å². The van der Waals surface area contributed by atoms with Gasteiger partial charge in [0.15, 0.2) is 0 Å². The van der Waals surface area contributed by atoms with Gasteiger partial charge < -0.3 is 13.8 Å². The van der Waals surface area contributed by atoms with Crippen molar-refractivity contribution in [2.24, 2.45) is 11.8 Å². The number of carbonyl (C=O) groups is 1. The van der Waals surface area contributed by atoms with E-state index < -0.39 is 10.4 Å². The maximum absolute atomic E-state index is 11.5. The fraction of sp³-hybridized carbons (Fsp3) is 0.900. The first-order valence-electron chi connectivity index (χ1n) is 5.74. The van der Waals surface area contributed by atoms with Gasteiger partial charge in [-0.05, 0) is 5.92 Å². The van der Waals surface area contributed by atoms with Gasteiger partial charge in [-0.1, -0.05) is 0 Å². The number of rotatable bonds is 1. The lowest BCUT2D eigenvalue weighted by Crippen LogP contribution is -2.60. The Bertz CT molecular complexity index is 391. The zero-order valence-electron chi connectivity index (χ0n) is 10.5. The van der Waals surface area contributed by atoms with E-state index in [0.717, 1.165) is 11.0 Å². The monoisotopic (exact) mass is 281 g/mol. The fourth-order valence-corrected chi connectivity index (χ4v) is 2.84. The van der Waals surface area contributed by atoms with Crippen molar-refractivity contribution in [2.45, 2.75) is 12.8 Å². The summed E-state index contributed by atoms with van der Waals surface area (Å²) in [5, 5.41) is 0. The molecule has 0 aliphatic carbocycles. The van der Waals surface area contributed by atoms with Crippen LogP contribution in [0.1, 0.15) is 12.8 Å². The maximum atomic E-state index is 11.5. The van der Waals surface area contributed by atoms with Gasteiger partial charge in [0.05, 0.1) is 33.8 Å². The average Bonchev–Trinajstić information content (AvgIpc) is 2.26. The summed E-state index contributed by atoms with van der Waals surface area (Å²) in [5.74, 6) is 0.790. The molecule has 0 radical (unpaired) electrons. The van der Waals surface area contributed by atoms with Crippen molar-refractivity contribution in [1.29, 1.82) is 0 Å². The van der Waals surface area contributed by atoms with Gasteiger partial charge >= 0.3 is 5.97 Å². The maximum Gasteiger partial charge on any atom is 0.314 e. The Balaban J connectivity index is 0.000000280. The third-order valence-corrected chi connectivity index (χ3v) is 3.79. The number of quaternary nitrogens is 1. The average molecular weight is 281 g/mol. The Hall–Kier alpha value is -0.700. The van der Waals surface area contributed by atoms with Crippen molar-refractivity contribution in [3.05, 3.63) is 0 Å². The fourth-order valence-electron chi connectivity index (χ4n) is 2.84. The highest BCUT2D eigenvalue weighted by Crippen LogP contribution is 2.36. The first-order valence-corrected chi connectivity index (χ1v) is 7.11. The lowest BCUT2D eigenvalue weighted by molar-refractivity contribution is -0.927. The van der Waals surface area contributed by atoms with Gasteiger partial charge in [-0.2, -0.15) is 0 Å². The van der Waals surface area contributed by atoms with Crippen LogP contribution in [0.4, 0.5) is 0 Å². The lowest BCUT2D eigenvalue weighted by atomic mass is 9.77. The van der Waals surface area contributed by atoms with E-state index in [2.05, 4.69) is 7.05 Å². The molecule has 18 heavy (non-hydrogen) atoms. The van der Waals surface area contributed by atoms with Crippen LogP contribution in [0.3, 0.4) is 0 Å². The molecule has 1 unspecified atom stereocenters. The minimum Gasteiger partial charge on any atom is -0.726 e. The molecule has 3 aliphatic rings. The van der Waals surface area contributed by atoms with Gasteiger partial charge in [0.25, 0.3) is 0 Å². The minimum absolute atomic E-state index is 0.00810. The molecule has 1 N–H and O–H groups in total. The number of carbonyl (C=O) groups excluding carboxylic acids is 1. The van der Waals surface area contributed by atoms with Crippen molar-refractivity contribution in [3.63, 3.8) is 0 Å². The van der Waals surface area contributed by atoms with Gasteiger partial charge in [0.1, 0.15) is 5.92 Å². The van der Waals surface area contributed by atoms with E-state index in [4.69, 9.17) is 22.3 Å². The van der Waals surface area contributed by atoms with Crippen molar-refractivity contribution in [3.8, 4) is 0 Å². The first kappa shape index (κ1) is 15.4. The summed E-state index contributed by atoms with van der Waals surface area (Å²) in [4.78, 5) is 11.5. The van der Waals surface area contributed by atoms with Crippen LogP contribution in [0.25, 0.3) is 0 Å². The minimum atomic E-state index is -4.92. The molecular formula is C10H19NO6S. The predicted molar refractivity (Wildman–Crippen MR) is 61.3 cm³/mol. The van der Waals surface area contributed by atoms with E-state index in [9.17, 15) is 4.79 Å². The topological polar surface area (TPSA) is 104 Å². The first-order chi connectivity index (χ1) is 8.14. The van der Waals surface area contributed by atoms with Crippen LogP contribution in [0, 0.1) is 11.8 Å². The summed E-state index contributed by atoms with van der Waals surface area (Å²) in [5.41, 5.74) is 0. The molecule has 3 fully saturated rings. The van der Waals surface area contributed by atoms with Gasteiger partial charge in [-0.3, -0.25) is 9.35 Å². The molecule has 0 amide bonds. The zero-order chi connectivity index (χ0) is 14.0. The summed E-state index contributed by atoms with van der Waals surface area (Å²) < 4.78 is 38.8. The Morgan fingerprint density at radius 1 is 1.39 bits per heavy atom. The third kappa shape index (κ3) is 4.52. The molecule has 3 heterocycles. The van der Waals surface area contributed by atoms with Gasteiger partial charge in [0.2, 0.25) is 10.4 Å². The van der Waals surface area contributed by atoms with E-state index in [-0.39, 0.29) is 11.9 Å².